The first kappa shape index (κ1) is 13.8. The number of amides is 1. The van der Waals surface area contributed by atoms with Crippen molar-refractivity contribution < 1.29 is 14.6 Å². The first-order valence-corrected chi connectivity index (χ1v) is 6.51. The van der Waals surface area contributed by atoms with E-state index in [1.165, 1.54) is 0 Å². The molecular formula is C14H20N2O3. The van der Waals surface area contributed by atoms with E-state index in [1.54, 1.807) is 13.2 Å². The normalized spacial score (nSPS) is 19.4. The number of anilines is 1. The summed E-state index contributed by atoms with van der Waals surface area (Å²) in [6.45, 7) is 1.31. The molecule has 1 aromatic rings. The van der Waals surface area contributed by atoms with E-state index in [0.717, 1.165) is 25.1 Å². The molecule has 1 fully saturated rings. The number of nitrogens with one attached hydrogen (secondary N) is 1. The molecule has 19 heavy (non-hydrogen) atoms. The molecule has 1 aromatic carbocycles. The van der Waals surface area contributed by atoms with Crippen LogP contribution in [0.15, 0.2) is 24.3 Å². The van der Waals surface area contributed by atoms with Crippen LogP contribution in [0.1, 0.15) is 12.8 Å². The molecule has 0 bridgehead atoms. The molecule has 0 radical (unpaired) electrons. The van der Waals surface area contributed by atoms with Crippen LogP contribution in [0.3, 0.4) is 0 Å². The lowest BCUT2D eigenvalue weighted by Crippen LogP contribution is -2.38. The van der Waals surface area contributed by atoms with Gasteiger partial charge in [-0.25, -0.2) is 0 Å². The standard InChI is InChI=1S/C14H20N2O3/c1-19-13-6-2-4-11(8-13)15-14(18)9-16-7-3-5-12(16)10-17/h2,4,6,8,12,17H,3,5,7,9-10H2,1H3,(H,15,18). The number of likely N-dealkylation sites (tertiary alicyclic amines) is 1. The maximum Gasteiger partial charge on any atom is 0.238 e. The minimum absolute atomic E-state index is 0.0615. The fourth-order valence-corrected chi connectivity index (χ4v) is 2.40. The van der Waals surface area contributed by atoms with Crippen molar-refractivity contribution in [2.24, 2.45) is 0 Å². The van der Waals surface area contributed by atoms with Crippen LogP contribution in [-0.2, 0) is 4.79 Å². The predicted molar refractivity (Wildman–Crippen MR) is 73.3 cm³/mol. The van der Waals surface area contributed by atoms with Gasteiger partial charge in [-0.05, 0) is 31.5 Å². The third-order valence-electron chi connectivity index (χ3n) is 3.41. The van der Waals surface area contributed by atoms with Crippen LogP contribution in [0, 0.1) is 0 Å². The number of carbonyl (C=O) groups excluding carboxylic acids is 1. The number of aliphatic hydroxyl groups is 1. The largest absolute Gasteiger partial charge is 0.497 e. The first-order chi connectivity index (χ1) is 9.22. The second-order valence-corrected chi connectivity index (χ2v) is 4.73. The molecule has 5 heteroatoms. The Labute approximate surface area is 113 Å². The summed E-state index contributed by atoms with van der Waals surface area (Å²) in [5, 5.41) is 12.1. The number of hydrogen-bond donors (Lipinski definition) is 2. The number of nitrogens with zero attached hydrogens (tertiary/aromatic N) is 1. The third kappa shape index (κ3) is 3.68. The number of methoxy groups -OCH3 is 1. The van der Waals surface area contributed by atoms with Gasteiger partial charge in [0.15, 0.2) is 0 Å². The average molecular weight is 264 g/mol. The Morgan fingerprint density at radius 2 is 2.42 bits per heavy atom. The van der Waals surface area contributed by atoms with Crippen LogP contribution in [0.2, 0.25) is 0 Å². The highest BCUT2D eigenvalue weighted by atomic mass is 16.5. The molecule has 2 rings (SSSR count). The van der Waals surface area contributed by atoms with Crippen molar-refractivity contribution in [3.63, 3.8) is 0 Å². The maximum atomic E-state index is 12.0. The highest BCUT2D eigenvalue weighted by Crippen LogP contribution is 2.18. The second kappa shape index (κ2) is 6.54. The van der Waals surface area contributed by atoms with Gasteiger partial charge in [0.1, 0.15) is 5.75 Å². The van der Waals surface area contributed by atoms with Crippen molar-refractivity contribution >= 4 is 11.6 Å². The number of ether oxygens (including phenoxy) is 1. The molecule has 1 aliphatic rings. The van der Waals surface area contributed by atoms with Gasteiger partial charge in [0.2, 0.25) is 5.91 Å². The maximum absolute atomic E-state index is 12.0. The van der Waals surface area contributed by atoms with Gasteiger partial charge in [-0.2, -0.15) is 0 Å². The molecule has 1 unspecified atom stereocenters. The predicted octanol–water partition coefficient (Wildman–Crippen LogP) is 1.09. The van der Waals surface area contributed by atoms with Crippen molar-refractivity contribution in [2.75, 3.05) is 32.1 Å². The quantitative estimate of drug-likeness (QED) is 0.835. The summed E-state index contributed by atoms with van der Waals surface area (Å²) in [6.07, 6.45) is 2.00. The lowest BCUT2D eigenvalue weighted by molar-refractivity contribution is -0.117. The van der Waals surface area contributed by atoms with E-state index in [4.69, 9.17) is 4.74 Å². The Hall–Kier alpha value is -1.59. The summed E-state index contributed by atoms with van der Waals surface area (Å²) < 4.78 is 5.11. The summed E-state index contributed by atoms with van der Waals surface area (Å²) in [5.74, 6) is 0.654. The lowest BCUT2D eigenvalue weighted by atomic mass is 10.2. The second-order valence-electron chi connectivity index (χ2n) is 4.73. The molecule has 1 aliphatic heterocycles. The molecule has 5 nitrogen and oxygen atoms in total. The summed E-state index contributed by atoms with van der Waals surface area (Å²) in [7, 11) is 1.59. The summed E-state index contributed by atoms with van der Waals surface area (Å²) in [5.41, 5.74) is 0.726. The molecule has 1 atom stereocenters. The van der Waals surface area contributed by atoms with E-state index in [9.17, 15) is 9.90 Å². The van der Waals surface area contributed by atoms with Crippen LogP contribution < -0.4 is 10.1 Å². The SMILES string of the molecule is COc1cccc(NC(=O)CN2CCCC2CO)c1. The van der Waals surface area contributed by atoms with Gasteiger partial charge in [0, 0.05) is 17.8 Å². The van der Waals surface area contributed by atoms with Crippen LogP contribution >= 0.6 is 0 Å². The van der Waals surface area contributed by atoms with E-state index in [1.807, 2.05) is 23.1 Å². The Bertz CT molecular complexity index is 436. The van der Waals surface area contributed by atoms with Gasteiger partial charge in [-0.1, -0.05) is 6.07 Å². The Balaban J connectivity index is 1.90. The zero-order valence-corrected chi connectivity index (χ0v) is 11.1. The number of hydrogen-bond acceptors (Lipinski definition) is 4. The minimum atomic E-state index is -0.0615. The smallest absolute Gasteiger partial charge is 0.238 e. The van der Waals surface area contributed by atoms with E-state index < -0.39 is 0 Å². The highest BCUT2D eigenvalue weighted by Gasteiger charge is 2.25. The zero-order valence-electron chi connectivity index (χ0n) is 11.1. The Kier molecular flexibility index (Phi) is 4.76. The fourth-order valence-electron chi connectivity index (χ4n) is 2.40. The van der Waals surface area contributed by atoms with Crippen LogP contribution in [-0.4, -0.2) is 48.8 Å². The average Bonchev–Trinajstić information content (AvgIpc) is 2.86. The molecular weight excluding hydrogens is 244 g/mol. The molecule has 0 spiro atoms. The lowest BCUT2D eigenvalue weighted by Gasteiger charge is -2.21. The van der Waals surface area contributed by atoms with Gasteiger partial charge in [0.25, 0.3) is 0 Å². The van der Waals surface area contributed by atoms with E-state index in [0.29, 0.717) is 12.3 Å². The van der Waals surface area contributed by atoms with E-state index in [2.05, 4.69) is 5.32 Å². The van der Waals surface area contributed by atoms with Crippen LogP contribution in [0.25, 0.3) is 0 Å². The number of benzene rings is 1. The highest BCUT2D eigenvalue weighted by molar-refractivity contribution is 5.92. The fraction of sp³-hybridized carbons (Fsp3) is 0.500. The van der Waals surface area contributed by atoms with Gasteiger partial charge < -0.3 is 15.2 Å². The van der Waals surface area contributed by atoms with Gasteiger partial charge in [0.05, 0.1) is 20.3 Å². The van der Waals surface area contributed by atoms with Crippen LogP contribution in [0.5, 0.6) is 5.75 Å². The third-order valence-corrected chi connectivity index (χ3v) is 3.41. The summed E-state index contributed by atoms with van der Waals surface area (Å²) >= 11 is 0. The number of rotatable bonds is 5. The van der Waals surface area contributed by atoms with Gasteiger partial charge >= 0.3 is 0 Å². The van der Waals surface area contributed by atoms with Crippen LogP contribution in [0.4, 0.5) is 5.69 Å². The number of aliphatic hydroxyl groups excluding tert-OH is 1. The molecule has 1 amide bonds. The van der Waals surface area contributed by atoms with Crippen molar-refractivity contribution in [1.29, 1.82) is 0 Å². The molecule has 2 N–H and O–H groups in total. The van der Waals surface area contributed by atoms with Gasteiger partial charge in [-0.3, -0.25) is 9.69 Å². The topological polar surface area (TPSA) is 61.8 Å². The molecule has 104 valence electrons. The van der Waals surface area contributed by atoms with Crippen molar-refractivity contribution in [3.05, 3.63) is 24.3 Å². The number of carbonyl (C=O) groups is 1. The van der Waals surface area contributed by atoms with E-state index >= 15 is 0 Å². The zero-order chi connectivity index (χ0) is 13.7. The Morgan fingerprint density at radius 1 is 1.58 bits per heavy atom. The van der Waals surface area contributed by atoms with Crippen molar-refractivity contribution in [1.82, 2.24) is 4.90 Å². The molecule has 1 heterocycles. The summed E-state index contributed by atoms with van der Waals surface area (Å²) in [4.78, 5) is 14.0. The molecule has 0 saturated carbocycles. The van der Waals surface area contributed by atoms with Crippen molar-refractivity contribution in [2.45, 2.75) is 18.9 Å². The van der Waals surface area contributed by atoms with E-state index in [-0.39, 0.29) is 18.6 Å². The minimum Gasteiger partial charge on any atom is -0.497 e. The van der Waals surface area contributed by atoms with Gasteiger partial charge in [-0.15, -0.1) is 0 Å². The first-order valence-electron chi connectivity index (χ1n) is 6.51. The monoisotopic (exact) mass is 264 g/mol. The Morgan fingerprint density at radius 3 is 3.16 bits per heavy atom. The molecule has 0 aliphatic carbocycles. The van der Waals surface area contributed by atoms with Crippen molar-refractivity contribution in [3.8, 4) is 5.75 Å². The molecule has 0 aromatic heterocycles. The molecule has 1 saturated heterocycles. The summed E-state index contributed by atoms with van der Waals surface area (Å²) in [6, 6.07) is 7.40.